The summed E-state index contributed by atoms with van der Waals surface area (Å²) in [4.78, 5) is 22.7. The molecule has 3 rings (SSSR count). The molecule has 1 aliphatic heterocycles. The second kappa shape index (κ2) is 6.46. The van der Waals surface area contributed by atoms with Gasteiger partial charge in [-0.05, 0) is 44.5 Å². The van der Waals surface area contributed by atoms with E-state index in [1.807, 2.05) is 32.0 Å². The maximum Gasteiger partial charge on any atom is 0.336 e. The van der Waals surface area contributed by atoms with Crippen LogP contribution in [0.25, 0.3) is 0 Å². The van der Waals surface area contributed by atoms with Crippen molar-refractivity contribution in [3.05, 3.63) is 58.7 Å². The zero-order valence-electron chi connectivity index (χ0n) is 13.5. The van der Waals surface area contributed by atoms with Gasteiger partial charge in [0.1, 0.15) is 5.82 Å². The average Bonchev–Trinajstić information content (AvgIpc) is 2.95. The van der Waals surface area contributed by atoms with Gasteiger partial charge in [-0.3, -0.25) is 4.90 Å². The van der Waals surface area contributed by atoms with Crippen molar-refractivity contribution in [2.24, 2.45) is 0 Å². The highest BCUT2D eigenvalue weighted by molar-refractivity contribution is 5.89. The lowest BCUT2D eigenvalue weighted by molar-refractivity contribution is 0.0694. The molecule has 1 aromatic heterocycles. The number of hydrogen-bond acceptors (Lipinski definition) is 4. The molecule has 0 saturated carbocycles. The van der Waals surface area contributed by atoms with Crippen LogP contribution in [0.3, 0.4) is 0 Å². The van der Waals surface area contributed by atoms with Gasteiger partial charge < -0.3 is 5.11 Å². The number of aromatic carboxylic acids is 1. The lowest BCUT2D eigenvalue weighted by Gasteiger charge is -2.17. The number of aryl methyl sites for hydroxylation is 2. The molecule has 0 spiro atoms. The Morgan fingerprint density at radius 3 is 2.65 bits per heavy atom. The molecule has 0 aliphatic carbocycles. The summed E-state index contributed by atoms with van der Waals surface area (Å²) < 4.78 is 0. The van der Waals surface area contributed by atoms with Crippen molar-refractivity contribution >= 4 is 5.97 Å². The molecule has 2 heterocycles. The van der Waals surface area contributed by atoms with Gasteiger partial charge in [-0.15, -0.1) is 0 Å². The summed E-state index contributed by atoms with van der Waals surface area (Å²) in [6.45, 7) is 6.46. The third-order valence-corrected chi connectivity index (χ3v) is 4.28. The second-order valence-corrected chi connectivity index (χ2v) is 6.19. The first-order chi connectivity index (χ1) is 11.0. The summed E-state index contributed by atoms with van der Waals surface area (Å²) in [5.74, 6) is 0.371. The number of carbonyl (C=O) groups is 1. The molecule has 5 nitrogen and oxygen atoms in total. The number of rotatable bonds is 4. The molecule has 1 aromatic carbocycles. The molecule has 0 bridgehead atoms. The first-order valence-corrected chi connectivity index (χ1v) is 7.88. The maximum atomic E-state index is 11.3. The first kappa shape index (κ1) is 15.6. The van der Waals surface area contributed by atoms with Gasteiger partial charge in [0, 0.05) is 30.4 Å². The fourth-order valence-corrected chi connectivity index (χ4v) is 3.23. The summed E-state index contributed by atoms with van der Waals surface area (Å²) >= 11 is 0. The maximum absolute atomic E-state index is 11.3. The van der Waals surface area contributed by atoms with Crippen molar-refractivity contribution in [3.8, 4) is 0 Å². The summed E-state index contributed by atoms with van der Waals surface area (Å²) in [6.07, 6.45) is 1.01. The van der Waals surface area contributed by atoms with Crippen LogP contribution in [-0.4, -0.2) is 39.0 Å². The van der Waals surface area contributed by atoms with Gasteiger partial charge in [-0.2, -0.15) is 0 Å². The Labute approximate surface area is 136 Å². The lowest BCUT2D eigenvalue weighted by atomic mass is 10.1. The fraction of sp³-hybridized carbons (Fsp3) is 0.389. The normalized spacial score (nSPS) is 18.3. The Kier molecular flexibility index (Phi) is 4.39. The van der Waals surface area contributed by atoms with E-state index >= 15 is 0 Å². The zero-order chi connectivity index (χ0) is 16.4. The van der Waals surface area contributed by atoms with Crippen molar-refractivity contribution in [1.29, 1.82) is 0 Å². The van der Waals surface area contributed by atoms with E-state index in [0.29, 0.717) is 18.0 Å². The third-order valence-electron chi connectivity index (χ3n) is 4.28. The van der Waals surface area contributed by atoms with Gasteiger partial charge in [0.25, 0.3) is 0 Å². The van der Waals surface area contributed by atoms with Crippen LogP contribution in [0.1, 0.15) is 45.5 Å². The molecule has 5 heteroatoms. The quantitative estimate of drug-likeness (QED) is 0.940. The highest BCUT2D eigenvalue weighted by Gasteiger charge is 2.27. The minimum atomic E-state index is -0.867. The van der Waals surface area contributed by atoms with Crippen LogP contribution >= 0.6 is 0 Å². The SMILES string of the molecule is Cc1cc(C)nc([C@H]2CCN(Cc3ccccc3C(=O)O)C2)n1. The number of nitrogens with zero attached hydrogens (tertiary/aromatic N) is 3. The molecular formula is C18H21N3O2. The molecule has 1 fully saturated rings. The lowest BCUT2D eigenvalue weighted by Crippen LogP contribution is -2.21. The Bertz CT molecular complexity index is 710. The number of likely N-dealkylation sites (tertiary alicyclic amines) is 1. The highest BCUT2D eigenvalue weighted by Crippen LogP contribution is 2.26. The summed E-state index contributed by atoms with van der Waals surface area (Å²) in [5, 5.41) is 9.29. The van der Waals surface area contributed by atoms with Gasteiger partial charge in [-0.1, -0.05) is 18.2 Å². The number of hydrogen-bond donors (Lipinski definition) is 1. The first-order valence-electron chi connectivity index (χ1n) is 7.88. The molecule has 120 valence electrons. The third kappa shape index (κ3) is 3.56. The van der Waals surface area contributed by atoms with Gasteiger partial charge in [0.15, 0.2) is 0 Å². The summed E-state index contributed by atoms with van der Waals surface area (Å²) in [5.41, 5.74) is 3.25. The van der Waals surface area contributed by atoms with Crippen molar-refractivity contribution in [1.82, 2.24) is 14.9 Å². The summed E-state index contributed by atoms with van der Waals surface area (Å²) in [7, 11) is 0. The molecule has 0 unspecified atom stereocenters. The van der Waals surface area contributed by atoms with Crippen molar-refractivity contribution in [2.45, 2.75) is 32.7 Å². The van der Waals surface area contributed by atoms with Gasteiger partial charge >= 0.3 is 5.97 Å². The minimum Gasteiger partial charge on any atom is -0.478 e. The number of carboxylic acid groups (broad SMARTS) is 1. The average molecular weight is 311 g/mol. The van der Waals surface area contributed by atoms with E-state index in [0.717, 1.165) is 42.3 Å². The van der Waals surface area contributed by atoms with E-state index in [2.05, 4.69) is 14.9 Å². The molecule has 1 N–H and O–H groups in total. The van der Waals surface area contributed by atoms with Gasteiger partial charge in [-0.25, -0.2) is 14.8 Å². The fourth-order valence-electron chi connectivity index (χ4n) is 3.23. The van der Waals surface area contributed by atoms with Crippen LogP contribution in [0.5, 0.6) is 0 Å². The number of aromatic nitrogens is 2. The summed E-state index contributed by atoms with van der Waals surface area (Å²) in [6, 6.07) is 9.20. The Balaban J connectivity index is 1.72. The van der Waals surface area contributed by atoms with E-state index in [1.165, 1.54) is 0 Å². The smallest absolute Gasteiger partial charge is 0.336 e. The largest absolute Gasteiger partial charge is 0.478 e. The predicted octanol–water partition coefficient (Wildman–Crippen LogP) is 2.78. The molecule has 0 amide bonds. The van der Waals surface area contributed by atoms with Crippen molar-refractivity contribution in [2.75, 3.05) is 13.1 Å². The predicted molar refractivity (Wildman–Crippen MR) is 87.5 cm³/mol. The van der Waals surface area contributed by atoms with Crippen LogP contribution in [0.4, 0.5) is 0 Å². The molecule has 1 saturated heterocycles. The van der Waals surface area contributed by atoms with Crippen LogP contribution in [0, 0.1) is 13.8 Å². The Morgan fingerprint density at radius 2 is 1.96 bits per heavy atom. The van der Waals surface area contributed by atoms with Crippen LogP contribution in [-0.2, 0) is 6.54 Å². The standard InChI is InChI=1S/C18H21N3O2/c1-12-9-13(2)20-17(19-12)15-7-8-21(11-15)10-14-5-3-4-6-16(14)18(22)23/h3-6,9,15H,7-8,10-11H2,1-2H3,(H,22,23)/t15-/m0/s1. The van der Waals surface area contributed by atoms with E-state index in [-0.39, 0.29) is 0 Å². The van der Waals surface area contributed by atoms with E-state index in [1.54, 1.807) is 12.1 Å². The van der Waals surface area contributed by atoms with E-state index in [9.17, 15) is 9.90 Å². The number of benzene rings is 1. The number of carboxylic acids is 1. The molecule has 2 aromatic rings. The highest BCUT2D eigenvalue weighted by atomic mass is 16.4. The zero-order valence-corrected chi connectivity index (χ0v) is 13.5. The van der Waals surface area contributed by atoms with Gasteiger partial charge in [0.05, 0.1) is 5.56 Å². The Morgan fingerprint density at radius 1 is 1.26 bits per heavy atom. The van der Waals surface area contributed by atoms with E-state index < -0.39 is 5.97 Å². The minimum absolute atomic E-state index is 0.325. The Hall–Kier alpha value is -2.27. The molecule has 1 atom stereocenters. The molecular weight excluding hydrogens is 290 g/mol. The van der Waals surface area contributed by atoms with Crippen LogP contribution in [0.15, 0.2) is 30.3 Å². The van der Waals surface area contributed by atoms with E-state index in [4.69, 9.17) is 0 Å². The van der Waals surface area contributed by atoms with Gasteiger partial charge in [0.2, 0.25) is 0 Å². The molecule has 23 heavy (non-hydrogen) atoms. The van der Waals surface area contributed by atoms with Crippen LogP contribution in [0.2, 0.25) is 0 Å². The van der Waals surface area contributed by atoms with Crippen LogP contribution < -0.4 is 0 Å². The molecule has 1 aliphatic rings. The monoisotopic (exact) mass is 311 g/mol. The molecule has 0 radical (unpaired) electrons. The van der Waals surface area contributed by atoms with Crippen molar-refractivity contribution < 1.29 is 9.90 Å². The van der Waals surface area contributed by atoms with Crippen molar-refractivity contribution in [3.63, 3.8) is 0 Å². The topological polar surface area (TPSA) is 66.3 Å². The second-order valence-electron chi connectivity index (χ2n) is 6.19.